The maximum absolute atomic E-state index is 12.4. The van der Waals surface area contributed by atoms with Gasteiger partial charge in [0.2, 0.25) is 0 Å². The predicted octanol–water partition coefficient (Wildman–Crippen LogP) is 2.24. The van der Waals surface area contributed by atoms with Crippen molar-refractivity contribution in [2.75, 3.05) is 14.2 Å². The minimum atomic E-state index is -0.337. The number of carbonyl (C=O) groups is 1. The summed E-state index contributed by atoms with van der Waals surface area (Å²) in [7, 11) is 3.11. The van der Waals surface area contributed by atoms with E-state index in [9.17, 15) is 9.90 Å². The molecule has 0 unspecified atom stereocenters. The molecule has 5 rings (SSSR count). The molecule has 3 fully saturated rings. The van der Waals surface area contributed by atoms with E-state index >= 15 is 0 Å². The number of hydrogen-bond donors (Lipinski definition) is 3. The van der Waals surface area contributed by atoms with E-state index in [1.54, 1.807) is 37.4 Å². The molecule has 1 aromatic rings. The lowest BCUT2D eigenvalue weighted by Gasteiger charge is -2.69. The number of aromatic hydroxyl groups is 1. The quantitative estimate of drug-likeness (QED) is 0.694. The van der Waals surface area contributed by atoms with Gasteiger partial charge in [0.25, 0.3) is 5.91 Å². The molecule has 2 bridgehead atoms. The Labute approximate surface area is 157 Å². The van der Waals surface area contributed by atoms with Crippen LogP contribution in [-0.4, -0.2) is 41.8 Å². The van der Waals surface area contributed by atoms with Gasteiger partial charge in [-0.1, -0.05) is 12.1 Å². The summed E-state index contributed by atoms with van der Waals surface area (Å²) < 4.78 is 0. The number of benzene rings is 1. The van der Waals surface area contributed by atoms with Crippen molar-refractivity contribution in [3.05, 3.63) is 47.6 Å². The Hall–Kier alpha value is -2.93. The molecule has 3 saturated carbocycles. The van der Waals surface area contributed by atoms with Gasteiger partial charge in [0.05, 0.1) is 12.5 Å². The lowest BCUT2D eigenvalue weighted by Crippen LogP contribution is -2.70. The molecule has 0 radical (unpaired) electrons. The van der Waals surface area contributed by atoms with Crippen LogP contribution in [0.4, 0.5) is 0 Å². The minimum Gasteiger partial charge on any atom is -0.507 e. The number of carbonyl (C=O) groups excluding carboxylic acids is 1. The molecule has 1 aliphatic heterocycles. The average Bonchev–Trinajstić information content (AvgIpc) is 2.92. The fourth-order valence-corrected chi connectivity index (χ4v) is 4.48. The molecular weight excluding hydrogens is 344 g/mol. The molecule has 4 N–H and O–H groups in total. The van der Waals surface area contributed by atoms with E-state index in [-0.39, 0.29) is 28.3 Å². The fourth-order valence-electron chi connectivity index (χ4n) is 4.48. The molecule has 3 aliphatic carbocycles. The third-order valence-electron chi connectivity index (χ3n) is 5.91. The molecule has 0 atom stereocenters. The number of phenols is 1. The highest BCUT2D eigenvalue weighted by molar-refractivity contribution is 6.22. The average molecular weight is 366 g/mol. The van der Waals surface area contributed by atoms with Crippen molar-refractivity contribution in [3.8, 4) is 5.75 Å². The molecule has 0 spiro atoms. The van der Waals surface area contributed by atoms with Gasteiger partial charge in [0.15, 0.2) is 5.84 Å². The maximum atomic E-state index is 12.4. The van der Waals surface area contributed by atoms with Crippen LogP contribution in [0.1, 0.15) is 24.8 Å². The lowest BCUT2D eigenvalue weighted by atomic mass is 9.33. The molecule has 27 heavy (non-hydrogen) atoms. The number of rotatable bonds is 5. The van der Waals surface area contributed by atoms with E-state index in [0.29, 0.717) is 16.8 Å². The zero-order valence-electron chi connectivity index (χ0n) is 15.3. The van der Waals surface area contributed by atoms with Gasteiger partial charge in [-0.2, -0.15) is 0 Å². The minimum absolute atomic E-state index is 0.00782. The molecule has 7 heteroatoms. The smallest absolute Gasteiger partial charge is 0.252 e. The molecule has 0 aromatic heterocycles. The van der Waals surface area contributed by atoms with Gasteiger partial charge >= 0.3 is 0 Å². The topological polar surface area (TPSA) is 112 Å². The SMILES string of the molecule is CON(C)C(=O)C12CC(C3=NC(=N)C(/C=C(\N)c4ccccc4O)=C3)(C1)C2. The van der Waals surface area contributed by atoms with E-state index in [4.69, 9.17) is 16.0 Å². The molecule has 140 valence electrons. The number of phenolic OH excluding ortho intramolecular Hbond substituents is 1. The maximum Gasteiger partial charge on any atom is 0.252 e. The van der Waals surface area contributed by atoms with Gasteiger partial charge in [-0.25, -0.2) is 10.1 Å². The first kappa shape index (κ1) is 17.5. The summed E-state index contributed by atoms with van der Waals surface area (Å²) in [6.45, 7) is 0. The van der Waals surface area contributed by atoms with Crippen LogP contribution in [0.25, 0.3) is 5.70 Å². The van der Waals surface area contributed by atoms with E-state index < -0.39 is 0 Å². The normalized spacial score (nSPS) is 28.8. The van der Waals surface area contributed by atoms with Gasteiger partial charge in [-0.3, -0.25) is 15.0 Å². The highest BCUT2D eigenvalue weighted by Gasteiger charge is 2.73. The Morgan fingerprint density at radius 2 is 2.04 bits per heavy atom. The molecule has 0 saturated heterocycles. The van der Waals surface area contributed by atoms with Gasteiger partial charge in [0, 0.05) is 35.0 Å². The standard InChI is InChI=1S/C20H22N4O3/c1-24(27-2)18(26)20-9-19(10-20,11-20)16-8-12(17(22)23-16)7-14(21)13-5-3-4-6-15(13)25/h3-8,22,25H,9-11,21H2,1-2H3/b14-7-,22-17?. The van der Waals surface area contributed by atoms with Crippen molar-refractivity contribution in [1.29, 1.82) is 5.41 Å². The molecule has 1 aromatic carbocycles. The monoisotopic (exact) mass is 366 g/mol. The Kier molecular flexibility index (Phi) is 3.75. The Balaban J connectivity index is 1.51. The summed E-state index contributed by atoms with van der Waals surface area (Å²) in [5.74, 6) is 0.260. The summed E-state index contributed by atoms with van der Waals surface area (Å²) in [5.41, 5.74) is 8.02. The molecular formula is C20H22N4O3. The van der Waals surface area contributed by atoms with Crippen LogP contribution < -0.4 is 5.73 Å². The van der Waals surface area contributed by atoms with Crippen LogP contribution in [0.15, 0.2) is 47.0 Å². The number of amidine groups is 1. The van der Waals surface area contributed by atoms with E-state index in [2.05, 4.69) is 4.99 Å². The van der Waals surface area contributed by atoms with Crippen LogP contribution in [-0.2, 0) is 9.63 Å². The van der Waals surface area contributed by atoms with Crippen molar-refractivity contribution in [2.24, 2.45) is 21.6 Å². The zero-order valence-corrected chi connectivity index (χ0v) is 15.3. The van der Waals surface area contributed by atoms with Gasteiger partial charge in [-0.15, -0.1) is 0 Å². The summed E-state index contributed by atoms with van der Waals surface area (Å²) >= 11 is 0. The second-order valence-electron chi connectivity index (χ2n) is 7.64. The first-order valence-electron chi connectivity index (χ1n) is 8.78. The number of para-hydroxylation sites is 1. The Morgan fingerprint density at radius 1 is 1.37 bits per heavy atom. The van der Waals surface area contributed by atoms with E-state index in [1.807, 2.05) is 6.08 Å². The Morgan fingerprint density at radius 3 is 2.67 bits per heavy atom. The largest absolute Gasteiger partial charge is 0.507 e. The second kappa shape index (κ2) is 5.79. The van der Waals surface area contributed by atoms with Crippen LogP contribution in [0, 0.1) is 16.2 Å². The van der Waals surface area contributed by atoms with Crippen LogP contribution >= 0.6 is 0 Å². The van der Waals surface area contributed by atoms with E-state index in [1.165, 1.54) is 12.2 Å². The summed E-state index contributed by atoms with van der Waals surface area (Å²) in [5, 5.41) is 19.4. The molecule has 4 aliphatic rings. The fraction of sp³-hybridized carbons (Fsp3) is 0.350. The highest BCUT2D eigenvalue weighted by atomic mass is 16.7. The lowest BCUT2D eigenvalue weighted by molar-refractivity contribution is -0.221. The third-order valence-corrected chi connectivity index (χ3v) is 5.91. The first-order valence-corrected chi connectivity index (χ1v) is 8.78. The first-order chi connectivity index (χ1) is 12.8. The zero-order chi connectivity index (χ0) is 19.4. The number of hydroxylamine groups is 2. The number of amides is 1. The molecule has 1 amide bonds. The van der Waals surface area contributed by atoms with Crippen molar-refractivity contribution in [3.63, 3.8) is 0 Å². The van der Waals surface area contributed by atoms with Crippen molar-refractivity contribution < 1.29 is 14.7 Å². The Bertz CT molecular complexity index is 925. The number of nitrogens with one attached hydrogen (secondary N) is 1. The number of allylic oxidation sites excluding steroid dienone is 1. The third kappa shape index (κ3) is 2.49. The second-order valence-corrected chi connectivity index (χ2v) is 7.64. The molecule has 7 nitrogen and oxygen atoms in total. The molecule has 1 heterocycles. The van der Waals surface area contributed by atoms with Crippen LogP contribution in [0.3, 0.4) is 0 Å². The van der Waals surface area contributed by atoms with Gasteiger partial charge in [-0.05, 0) is 43.5 Å². The predicted molar refractivity (Wildman–Crippen MR) is 102 cm³/mol. The van der Waals surface area contributed by atoms with Crippen molar-refractivity contribution in [1.82, 2.24) is 5.06 Å². The van der Waals surface area contributed by atoms with Crippen molar-refractivity contribution in [2.45, 2.75) is 19.3 Å². The van der Waals surface area contributed by atoms with Gasteiger partial charge in [0.1, 0.15) is 5.75 Å². The number of nitrogens with zero attached hydrogens (tertiary/aromatic N) is 2. The van der Waals surface area contributed by atoms with E-state index in [0.717, 1.165) is 25.0 Å². The van der Waals surface area contributed by atoms with Crippen LogP contribution in [0.2, 0.25) is 0 Å². The summed E-state index contributed by atoms with van der Waals surface area (Å²) in [6.07, 6.45) is 5.75. The van der Waals surface area contributed by atoms with Crippen LogP contribution in [0.5, 0.6) is 5.75 Å². The number of aliphatic imine (C=N–C) groups is 1. The number of nitrogens with two attached hydrogens (primary N) is 1. The van der Waals surface area contributed by atoms with Crippen molar-refractivity contribution >= 4 is 23.2 Å². The van der Waals surface area contributed by atoms with Gasteiger partial charge < -0.3 is 10.8 Å². The number of hydrogen-bond acceptors (Lipinski definition) is 5. The highest BCUT2D eigenvalue weighted by Crippen LogP contribution is 2.74. The summed E-state index contributed by atoms with van der Waals surface area (Å²) in [4.78, 5) is 21.8. The summed E-state index contributed by atoms with van der Waals surface area (Å²) in [6, 6.07) is 6.82.